The van der Waals surface area contributed by atoms with Gasteiger partial charge >= 0.3 is 0 Å². The zero-order valence-corrected chi connectivity index (χ0v) is 11.2. The lowest BCUT2D eigenvalue weighted by Crippen LogP contribution is -2.17. The van der Waals surface area contributed by atoms with E-state index in [-0.39, 0.29) is 11.0 Å². The molecule has 2 unspecified atom stereocenters. The summed E-state index contributed by atoms with van der Waals surface area (Å²) in [5.74, 6) is 1.20. The van der Waals surface area contributed by atoms with Crippen molar-refractivity contribution in [2.24, 2.45) is 0 Å². The number of hydrogen-bond donors (Lipinski definition) is 1. The van der Waals surface area contributed by atoms with Crippen LogP contribution in [0.1, 0.15) is 24.2 Å². The molecule has 17 heavy (non-hydrogen) atoms. The highest BCUT2D eigenvalue weighted by molar-refractivity contribution is 8.00. The van der Waals surface area contributed by atoms with Crippen LogP contribution in [0.4, 0.5) is 0 Å². The maximum absolute atomic E-state index is 11.8. The van der Waals surface area contributed by atoms with Gasteiger partial charge in [-0.15, -0.1) is 11.8 Å². The van der Waals surface area contributed by atoms with Gasteiger partial charge in [0.25, 0.3) is 0 Å². The van der Waals surface area contributed by atoms with Crippen LogP contribution in [0.15, 0.2) is 24.3 Å². The van der Waals surface area contributed by atoms with E-state index in [4.69, 9.17) is 4.74 Å². The summed E-state index contributed by atoms with van der Waals surface area (Å²) >= 11 is 1.47. The van der Waals surface area contributed by atoms with Gasteiger partial charge in [-0.1, -0.05) is 6.92 Å². The fraction of sp³-hybridized carbons (Fsp3) is 0.462. The van der Waals surface area contributed by atoms with E-state index < -0.39 is 6.10 Å². The van der Waals surface area contributed by atoms with Crippen LogP contribution in [0.25, 0.3) is 0 Å². The number of hydrogen-bond acceptors (Lipinski definition) is 4. The maximum atomic E-state index is 11.8. The van der Waals surface area contributed by atoms with Crippen LogP contribution < -0.4 is 4.74 Å². The minimum atomic E-state index is -0.399. The molecule has 0 amide bonds. The quantitative estimate of drug-likeness (QED) is 0.792. The van der Waals surface area contributed by atoms with Gasteiger partial charge in [-0.05, 0) is 31.2 Å². The minimum absolute atomic E-state index is 0.0669. The highest BCUT2D eigenvalue weighted by atomic mass is 32.2. The molecule has 0 aromatic heterocycles. The van der Waals surface area contributed by atoms with Gasteiger partial charge in [0, 0.05) is 10.8 Å². The Morgan fingerprint density at radius 2 is 1.94 bits per heavy atom. The molecule has 0 heterocycles. The lowest BCUT2D eigenvalue weighted by Gasteiger charge is -2.13. The predicted molar refractivity (Wildman–Crippen MR) is 70.9 cm³/mol. The van der Waals surface area contributed by atoms with Gasteiger partial charge < -0.3 is 9.84 Å². The molecule has 1 aromatic rings. The van der Waals surface area contributed by atoms with E-state index in [0.717, 1.165) is 5.75 Å². The monoisotopic (exact) mass is 254 g/mol. The third-order valence-electron chi connectivity index (χ3n) is 2.57. The topological polar surface area (TPSA) is 46.5 Å². The molecule has 0 saturated carbocycles. The first-order valence-electron chi connectivity index (χ1n) is 5.51. The van der Waals surface area contributed by atoms with Crippen molar-refractivity contribution in [3.63, 3.8) is 0 Å². The minimum Gasteiger partial charge on any atom is -0.497 e. The summed E-state index contributed by atoms with van der Waals surface area (Å²) in [7, 11) is 1.59. The molecule has 1 N–H and O–H groups in total. The van der Waals surface area contributed by atoms with Crippen LogP contribution in [0.2, 0.25) is 0 Å². The lowest BCUT2D eigenvalue weighted by molar-refractivity contribution is 0.102. The second-order valence-electron chi connectivity index (χ2n) is 3.91. The predicted octanol–water partition coefficient (Wildman–Crippen LogP) is 2.38. The van der Waals surface area contributed by atoms with Gasteiger partial charge in [0.15, 0.2) is 5.78 Å². The second kappa shape index (κ2) is 6.67. The van der Waals surface area contributed by atoms with Crippen LogP contribution in [-0.4, -0.2) is 35.1 Å². The molecule has 0 radical (unpaired) electrons. The van der Waals surface area contributed by atoms with Crippen molar-refractivity contribution in [2.75, 3.05) is 12.9 Å². The second-order valence-corrected chi connectivity index (χ2v) is 5.27. The van der Waals surface area contributed by atoms with Gasteiger partial charge in [-0.2, -0.15) is 0 Å². The average Bonchev–Trinajstić information content (AvgIpc) is 2.35. The van der Waals surface area contributed by atoms with Crippen molar-refractivity contribution in [3.8, 4) is 5.75 Å². The number of aliphatic hydroxyl groups excluding tert-OH is 1. The summed E-state index contributed by atoms with van der Waals surface area (Å²) in [6.45, 7) is 3.64. The van der Waals surface area contributed by atoms with Crippen molar-refractivity contribution >= 4 is 17.5 Å². The van der Waals surface area contributed by atoms with Crippen LogP contribution in [0.3, 0.4) is 0 Å². The summed E-state index contributed by atoms with van der Waals surface area (Å²) in [6.07, 6.45) is -0.399. The number of carbonyl (C=O) groups excluding carboxylic acids is 1. The summed E-state index contributed by atoms with van der Waals surface area (Å²) in [5, 5.41) is 9.39. The Morgan fingerprint density at radius 3 is 2.41 bits per heavy atom. The maximum Gasteiger partial charge on any atom is 0.172 e. The summed E-state index contributed by atoms with van der Waals surface area (Å²) in [4.78, 5) is 11.8. The SMILES string of the molecule is COc1ccc(C(=O)CSC(C)C(C)O)cc1. The van der Waals surface area contributed by atoms with Crippen LogP contribution in [0, 0.1) is 0 Å². The smallest absolute Gasteiger partial charge is 0.172 e. The average molecular weight is 254 g/mol. The fourth-order valence-corrected chi connectivity index (χ4v) is 2.07. The van der Waals surface area contributed by atoms with Crippen molar-refractivity contribution < 1.29 is 14.6 Å². The van der Waals surface area contributed by atoms with Gasteiger partial charge in [-0.25, -0.2) is 0 Å². The highest BCUT2D eigenvalue weighted by Crippen LogP contribution is 2.17. The van der Waals surface area contributed by atoms with Crippen LogP contribution in [0.5, 0.6) is 5.75 Å². The standard InChI is InChI=1S/C13H18O3S/c1-9(14)10(2)17-8-13(15)11-4-6-12(16-3)7-5-11/h4-7,9-10,14H,8H2,1-3H3. The summed E-state index contributed by atoms with van der Waals surface area (Å²) in [6, 6.07) is 7.07. The number of Topliss-reactive ketones (excluding diaryl/α,β-unsaturated/α-hetero) is 1. The van der Waals surface area contributed by atoms with E-state index in [1.54, 1.807) is 38.3 Å². The molecule has 0 fully saturated rings. The molecule has 0 saturated heterocycles. The molecule has 0 aliphatic rings. The first-order chi connectivity index (χ1) is 8.04. The molecule has 2 atom stereocenters. The number of benzene rings is 1. The summed E-state index contributed by atoms with van der Waals surface area (Å²) in [5.41, 5.74) is 0.677. The lowest BCUT2D eigenvalue weighted by atomic mass is 10.1. The molecule has 1 aromatic carbocycles. The molecule has 4 heteroatoms. The molecular formula is C13H18O3S. The highest BCUT2D eigenvalue weighted by Gasteiger charge is 2.12. The molecule has 94 valence electrons. The Labute approximate surface area is 106 Å². The third-order valence-corrected chi connectivity index (χ3v) is 3.92. The van der Waals surface area contributed by atoms with Crippen molar-refractivity contribution in [2.45, 2.75) is 25.2 Å². The Morgan fingerprint density at radius 1 is 1.35 bits per heavy atom. The Bertz CT molecular complexity index is 359. The van der Waals surface area contributed by atoms with Gasteiger partial charge in [0.2, 0.25) is 0 Å². The Kier molecular flexibility index (Phi) is 5.51. The van der Waals surface area contributed by atoms with Gasteiger partial charge in [0.1, 0.15) is 5.75 Å². The first-order valence-corrected chi connectivity index (χ1v) is 6.56. The number of methoxy groups -OCH3 is 1. The van der Waals surface area contributed by atoms with Crippen molar-refractivity contribution in [1.29, 1.82) is 0 Å². The van der Waals surface area contributed by atoms with Gasteiger partial charge in [-0.3, -0.25) is 4.79 Å². The zero-order valence-electron chi connectivity index (χ0n) is 10.3. The number of ketones is 1. The molecule has 0 aliphatic heterocycles. The molecule has 3 nitrogen and oxygen atoms in total. The van der Waals surface area contributed by atoms with Crippen molar-refractivity contribution in [3.05, 3.63) is 29.8 Å². The first kappa shape index (κ1) is 14.1. The molecule has 1 rings (SSSR count). The number of carbonyl (C=O) groups is 1. The van der Waals surface area contributed by atoms with Crippen molar-refractivity contribution in [1.82, 2.24) is 0 Å². The van der Waals surface area contributed by atoms with E-state index in [1.165, 1.54) is 11.8 Å². The number of rotatable bonds is 6. The van der Waals surface area contributed by atoms with E-state index >= 15 is 0 Å². The third kappa shape index (κ3) is 4.40. The number of thioether (sulfide) groups is 1. The molecule has 0 aliphatic carbocycles. The number of aliphatic hydroxyl groups is 1. The van der Waals surface area contributed by atoms with E-state index in [1.807, 2.05) is 6.92 Å². The summed E-state index contributed by atoms with van der Waals surface area (Å²) < 4.78 is 5.03. The van der Waals surface area contributed by atoms with E-state index in [2.05, 4.69) is 0 Å². The van der Waals surface area contributed by atoms with Gasteiger partial charge in [0.05, 0.1) is 19.0 Å². The molecule has 0 bridgehead atoms. The fourth-order valence-electron chi connectivity index (χ4n) is 1.21. The normalized spacial score (nSPS) is 14.1. The number of ether oxygens (including phenoxy) is 1. The van der Waals surface area contributed by atoms with Crippen LogP contribution >= 0.6 is 11.8 Å². The molecular weight excluding hydrogens is 236 g/mol. The largest absolute Gasteiger partial charge is 0.497 e. The van der Waals surface area contributed by atoms with Crippen LogP contribution in [-0.2, 0) is 0 Å². The Hall–Kier alpha value is -1.00. The van der Waals surface area contributed by atoms with E-state index in [9.17, 15) is 9.90 Å². The van der Waals surface area contributed by atoms with E-state index in [0.29, 0.717) is 11.3 Å². The zero-order chi connectivity index (χ0) is 12.8. The molecule has 0 spiro atoms. The Balaban J connectivity index is 2.52.